The van der Waals surface area contributed by atoms with Crippen LogP contribution in [0.15, 0.2) is 51.8 Å². The van der Waals surface area contributed by atoms with Crippen LogP contribution >= 0.6 is 0 Å². The molecule has 1 amide bonds. The Labute approximate surface area is 143 Å². The van der Waals surface area contributed by atoms with Gasteiger partial charge in [0.1, 0.15) is 12.3 Å². The summed E-state index contributed by atoms with van der Waals surface area (Å²) in [5, 5.41) is 10.4. The maximum absolute atomic E-state index is 12.3. The molecule has 25 heavy (non-hydrogen) atoms. The molecule has 0 bridgehead atoms. The fourth-order valence-electron chi connectivity index (χ4n) is 2.29. The molecule has 8 nitrogen and oxygen atoms in total. The number of anilines is 1. The first-order chi connectivity index (χ1) is 12.1. The number of pyridine rings is 1. The van der Waals surface area contributed by atoms with E-state index in [1.165, 1.54) is 23.9 Å². The highest BCUT2D eigenvalue weighted by molar-refractivity contribution is 5.92. The van der Waals surface area contributed by atoms with Crippen LogP contribution < -0.4 is 15.6 Å². The minimum absolute atomic E-state index is 0.155. The van der Waals surface area contributed by atoms with E-state index in [1.54, 1.807) is 37.3 Å². The third kappa shape index (κ3) is 3.74. The van der Waals surface area contributed by atoms with Gasteiger partial charge in [0, 0.05) is 19.2 Å². The van der Waals surface area contributed by atoms with Crippen molar-refractivity contribution in [3.63, 3.8) is 0 Å². The van der Waals surface area contributed by atoms with Crippen molar-refractivity contribution in [2.75, 3.05) is 12.4 Å². The molecule has 0 fully saturated rings. The summed E-state index contributed by atoms with van der Waals surface area (Å²) < 4.78 is 11.8. The summed E-state index contributed by atoms with van der Waals surface area (Å²) in [6.07, 6.45) is 1.51. The molecule has 2 aromatic heterocycles. The number of aromatic nitrogens is 3. The third-order valence-electron chi connectivity index (χ3n) is 3.45. The van der Waals surface area contributed by atoms with Crippen molar-refractivity contribution in [2.45, 2.75) is 13.5 Å². The molecule has 3 aromatic rings. The van der Waals surface area contributed by atoms with Crippen LogP contribution in [0.2, 0.25) is 0 Å². The van der Waals surface area contributed by atoms with E-state index in [0.717, 1.165) is 0 Å². The van der Waals surface area contributed by atoms with Gasteiger partial charge in [-0.3, -0.25) is 9.59 Å². The van der Waals surface area contributed by atoms with Crippen LogP contribution in [0.1, 0.15) is 5.89 Å². The van der Waals surface area contributed by atoms with E-state index in [-0.39, 0.29) is 23.9 Å². The van der Waals surface area contributed by atoms with Gasteiger partial charge in [0.2, 0.25) is 17.7 Å². The predicted molar refractivity (Wildman–Crippen MR) is 90.4 cm³/mol. The molecule has 3 rings (SSSR count). The Kier molecular flexibility index (Phi) is 4.60. The van der Waals surface area contributed by atoms with Crippen molar-refractivity contribution >= 4 is 11.6 Å². The van der Waals surface area contributed by atoms with Crippen molar-refractivity contribution < 1.29 is 13.9 Å². The molecule has 8 heteroatoms. The molecule has 128 valence electrons. The highest BCUT2D eigenvalue weighted by Crippen LogP contribution is 2.23. The van der Waals surface area contributed by atoms with E-state index in [0.29, 0.717) is 22.9 Å². The largest absolute Gasteiger partial charge is 0.495 e. The van der Waals surface area contributed by atoms with Gasteiger partial charge < -0.3 is 19.0 Å². The molecule has 1 N–H and O–H groups in total. The van der Waals surface area contributed by atoms with E-state index in [9.17, 15) is 9.59 Å². The van der Waals surface area contributed by atoms with Gasteiger partial charge in [-0.2, -0.15) is 0 Å². The number of aryl methyl sites for hydroxylation is 1. The van der Waals surface area contributed by atoms with E-state index < -0.39 is 0 Å². The summed E-state index contributed by atoms with van der Waals surface area (Å²) in [4.78, 5) is 24.3. The number of amides is 1. The van der Waals surface area contributed by atoms with Crippen molar-refractivity contribution in [1.29, 1.82) is 0 Å². The molecule has 0 aliphatic carbocycles. The van der Waals surface area contributed by atoms with Crippen molar-refractivity contribution in [2.24, 2.45) is 0 Å². The third-order valence-corrected chi connectivity index (χ3v) is 3.45. The molecule has 0 saturated heterocycles. The molecule has 0 saturated carbocycles. The highest BCUT2D eigenvalue weighted by Gasteiger charge is 2.11. The number of hydrogen-bond donors (Lipinski definition) is 1. The van der Waals surface area contributed by atoms with Crippen LogP contribution in [0, 0.1) is 6.92 Å². The summed E-state index contributed by atoms with van der Waals surface area (Å²) >= 11 is 0. The minimum atomic E-state index is -0.356. The minimum Gasteiger partial charge on any atom is -0.495 e. The second-order valence-electron chi connectivity index (χ2n) is 5.26. The Balaban J connectivity index is 1.80. The van der Waals surface area contributed by atoms with Gasteiger partial charge in [0.05, 0.1) is 18.4 Å². The van der Waals surface area contributed by atoms with Crippen LogP contribution in [0.4, 0.5) is 5.69 Å². The second kappa shape index (κ2) is 7.00. The number of hydrogen-bond acceptors (Lipinski definition) is 6. The monoisotopic (exact) mass is 340 g/mol. The van der Waals surface area contributed by atoms with Gasteiger partial charge in [-0.1, -0.05) is 12.1 Å². The van der Waals surface area contributed by atoms with Gasteiger partial charge >= 0.3 is 0 Å². The Hall–Kier alpha value is -3.42. The maximum atomic E-state index is 12.3. The van der Waals surface area contributed by atoms with Gasteiger partial charge in [-0.25, -0.2) is 0 Å². The lowest BCUT2D eigenvalue weighted by Gasteiger charge is -2.11. The average molecular weight is 340 g/mol. The number of para-hydroxylation sites is 2. The van der Waals surface area contributed by atoms with Crippen molar-refractivity contribution in [3.05, 3.63) is 58.8 Å². The van der Waals surface area contributed by atoms with Crippen molar-refractivity contribution in [3.8, 4) is 17.2 Å². The zero-order chi connectivity index (χ0) is 17.8. The molecule has 0 unspecified atom stereocenters. The lowest BCUT2D eigenvalue weighted by atomic mass is 10.2. The first-order valence-electron chi connectivity index (χ1n) is 7.50. The standard InChI is InChI=1S/C17H16N4O4/c1-11-19-20-17(25-11)12-7-8-16(23)21(9-12)10-15(22)18-13-5-3-4-6-14(13)24-2/h3-9H,10H2,1-2H3,(H,18,22). The molecular formula is C17H16N4O4. The van der Waals surface area contributed by atoms with Gasteiger partial charge in [0.15, 0.2) is 0 Å². The van der Waals surface area contributed by atoms with Crippen molar-refractivity contribution in [1.82, 2.24) is 14.8 Å². The smallest absolute Gasteiger partial charge is 0.251 e. The van der Waals surface area contributed by atoms with Crippen LogP contribution in [-0.2, 0) is 11.3 Å². The predicted octanol–water partition coefficient (Wildman–Crippen LogP) is 1.85. The number of carbonyl (C=O) groups is 1. The summed E-state index contributed by atoms with van der Waals surface area (Å²) in [6, 6.07) is 9.96. The zero-order valence-corrected chi connectivity index (χ0v) is 13.7. The average Bonchev–Trinajstić information content (AvgIpc) is 3.04. The maximum Gasteiger partial charge on any atom is 0.251 e. The SMILES string of the molecule is COc1ccccc1NC(=O)Cn1cc(-c2nnc(C)o2)ccc1=O. The van der Waals surface area contributed by atoms with E-state index in [2.05, 4.69) is 15.5 Å². The topological polar surface area (TPSA) is 99.2 Å². The molecule has 1 aromatic carbocycles. The second-order valence-corrected chi connectivity index (χ2v) is 5.26. The molecule has 0 atom stereocenters. The van der Waals surface area contributed by atoms with E-state index >= 15 is 0 Å². The lowest BCUT2D eigenvalue weighted by molar-refractivity contribution is -0.116. The Morgan fingerprint density at radius 1 is 1.24 bits per heavy atom. The molecule has 0 spiro atoms. The van der Waals surface area contributed by atoms with Crippen LogP contribution in [-0.4, -0.2) is 27.8 Å². The first kappa shape index (κ1) is 16.4. The van der Waals surface area contributed by atoms with E-state index in [1.807, 2.05) is 0 Å². The number of methoxy groups -OCH3 is 1. The fourth-order valence-corrected chi connectivity index (χ4v) is 2.29. The number of carbonyl (C=O) groups excluding carboxylic acids is 1. The van der Waals surface area contributed by atoms with Crippen LogP contribution in [0.5, 0.6) is 5.75 Å². The first-order valence-corrected chi connectivity index (χ1v) is 7.50. The fraction of sp³-hybridized carbons (Fsp3) is 0.176. The number of ether oxygens (including phenoxy) is 1. The summed E-state index contributed by atoms with van der Waals surface area (Å²) in [5.74, 6) is 0.891. The molecule has 2 heterocycles. The lowest BCUT2D eigenvalue weighted by Crippen LogP contribution is -2.27. The number of nitrogens with zero attached hydrogens (tertiary/aromatic N) is 3. The highest BCUT2D eigenvalue weighted by atomic mass is 16.5. The zero-order valence-electron chi connectivity index (χ0n) is 13.7. The van der Waals surface area contributed by atoms with Gasteiger partial charge in [0.25, 0.3) is 5.56 Å². The van der Waals surface area contributed by atoms with Gasteiger partial charge in [-0.05, 0) is 18.2 Å². The molecule has 0 radical (unpaired) electrons. The number of benzene rings is 1. The van der Waals surface area contributed by atoms with Gasteiger partial charge in [-0.15, -0.1) is 10.2 Å². The normalized spacial score (nSPS) is 10.5. The Bertz CT molecular complexity index is 961. The number of rotatable bonds is 5. The molecule has 0 aliphatic heterocycles. The summed E-state index contributed by atoms with van der Waals surface area (Å²) in [6.45, 7) is 1.52. The van der Waals surface area contributed by atoms with Crippen LogP contribution in [0.3, 0.4) is 0 Å². The number of nitrogens with one attached hydrogen (secondary N) is 1. The summed E-state index contributed by atoms with van der Waals surface area (Å²) in [7, 11) is 1.52. The van der Waals surface area contributed by atoms with Crippen LogP contribution in [0.25, 0.3) is 11.5 Å². The summed E-state index contributed by atoms with van der Waals surface area (Å²) in [5.41, 5.74) is 0.784. The quantitative estimate of drug-likeness (QED) is 0.761. The Morgan fingerprint density at radius 2 is 2.04 bits per heavy atom. The molecular weight excluding hydrogens is 324 g/mol. The van der Waals surface area contributed by atoms with E-state index in [4.69, 9.17) is 9.15 Å². The molecule has 0 aliphatic rings. The Morgan fingerprint density at radius 3 is 2.76 bits per heavy atom.